The van der Waals surface area contributed by atoms with E-state index in [-0.39, 0.29) is 18.6 Å². The molecule has 118 valence electrons. The number of halogens is 2. The lowest BCUT2D eigenvalue weighted by Gasteiger charge is -2.25. The number of benzene rings is 1. The maximum absolute atomic E-state index is 11.1. The first-order valence-corrected chi connectivity index (χ1v) is 8.71. The smallest absolute Gasteiger partial charge is 0.274 e. The molecule has 0 aromatic heterocycles. The highest BCUT2D eigenvalue weighted by atomic mass is 35.5. The Morgan fingerprint density at radius 3 is 2.81 bits per heavy atom. The van der Waals surface area contributed by atoms with Crippen molar-refractivity contribution in [3.63, 3.8) is 0 Å². The summed E-state index contributed by atoms with van der Waals surface area (Å²) in [5.41, 5.74) is 0.931. The van der Waals surface area contributed by atoms with Crippen molar-refractivity contribution >= 4 is 33.4 Å². The van der Waals surface area contributed by atoms with Gasteiger partial charge in [-0.05, 0) is 17.7 Å². The van der Waals surface area contributed by atoms with Crippen LogP contribution in [0, 0.1) is 0 Å². The molecule has 4 N–H and O–H groups in total. The Morgan fingerprint density at radius 2 is 2.14 bits per heavy atom. The predicted molar refractivity (Wildman–Crippen MR) is 82.9 cm³/mol. The van der Waals surface area contributed by atoms with Crippen molar-refractivity contribution in [3.05, 3.63) is 33.8 Å². The van der Waals surface area contributed by atoms with E-state index in [0.29, 0.717) is 29.7 Å². The van der Waals surface area contributed by atoms with E-state index in [1.54, 1.807) is 12.1 Å². The van der Waals surface area contributed by atoms with Gasteiger partial charge >= 0.3 is 0 Å². The zero-order chi connectivity index (χ0) is 15.5. The van der Waals surface area contributed by atoms with E-state index in [1.807, 2.05) is 6.07 Å². The summed E-state index contributed by atoms with van der Waals surface area (Å²) in [5, 5.41) is 9.15. The van der Waals surface area contributed by atoms with Crippen LogP contribution in [0.1, 0.15) is 11.5 Å². The molecular formula is C12H17Cl2N3O3S. The molecule has 2 atom stereocenters. The third-order valence-electron chi connectivity index (χ3n) is 3.28. The van der Waals surface area contributed by atoms with Gasteiger partial charge in [-0.25, -0.2) is 5.14 Å². The van der Waals surface area contributed by atoms with Gasteiger partial charge in [-0.3, -0.25) is 0 Å². The fraction of sp³-hybridized carbons (Fsp3) is 0.500. The monoisotopic (exact) mass is 353 g/mol. The van der Waals surface area contributed by atoms with Crippen LogP contribution < -0.4 is 15.2 Å². The molecule has 1 aliphatic heterocycles. The third-order valence-corrected chi connectivity index (χ3v) is 4.59. The van der Waals surface area contributed by atoms with Gasteiger partial charge in [0.2, 0.25) is 0 Å². The third kappa shape index (κ3) is 5.07. The molecule has 6 nitrogen and oxygen atoms in total. The predicted octanol–water partition coefficient (Wildman–Crippen LogP) is 0.859. The van der Waals surface area contributed by atoms with E-state index in [0.717, 1.165) is 5.56 Å². The molecule has 1 saturated heterocycles. The van der Waals surface area contributed by atoms with Gasteiger partial charge in [0.05, 0.1) is 22.8 Å². The van der Waals surface area contributed by atoms with Crippen molar-refractivity contribution < 1.29 is 13.2 Å². The van der Waals surface area contributed by atoms with Crippen molar-refractivity contribution in [1.82, 2.24) is 10.0 Å². The van der Waals surface area contributed by atoms with Crippen LogP contribution in [-0.2, 0) is 14.9 Å². The molecule has 1 fully saturated rings. The van der Waals surface area contributed by atoms with E-state index in [1.165, 1.54) is 0 Å². The Balaban J connectivity index is 2.20. The van der Waals surface area contributed by atoms with Crippen molar-refractivity contribution in [3.8, 4) is 0 Å². The lowest BCUT2D eigenvalue weighted by atomic mass is 9.93. The molecule has 0 aliphatic carbocycles. The summed E-state index contributed by atoms with van der Waals surface area (Å²) in [6.45, 7) is 1.94. The molecular weight excluding hydrogens is 337 g/mol. The Hall–Kier alpha value is -0.410. The second kappa shape index (κ2) is 7.23. The average Bonchev–Trinajstić information content (AvgIpc) is 2.64. The summed E-state index contributed by atoms with van der Waals surface area (Å²) < 4.78 is 30.1. The zero-order valence-corrected chi connectivity index (χ0v) is 13.5. The van der Waals surface area contributed by atoms with Gasteiger partial charge < -0.3 is 10.1 Å². The first-order valence-electron chi connectivity index (χ1n) is 6.41. The van der Waals surface area contributed by atoms with Crippen molar-refractivity contribution in [2.24, 2.45) is 5.14 Å². The van der Waals surface area contributed by atoms with Crippen molar-refractivity contribution in [2.75, 3.05) is 26.2 Å². The molecule has 0 radical (unpaired) electrons. The van der Waals surface area contributed by atoms with Crippen molar-refractivity contribution in [2.45, 2.75) is 12.0 Å². The van der Waals surface area contributed by atoms with Gasteiger partial charge in [-0.2, -0.15) is 13.1 Å². The molecule has 1 aliphatic rings. The lowest BCUT2D eigenvalue weighted by Crippen LogP contribution is -2.41. The van der Waals surface area contributed by atoms with Crippen LogP contribution in [0.15, 0.2) is 18.2 Å². The summed E-state index contributed by atoms with van der Waals surface area (Å²) in [7, 11) is -3.75. The van der Waals surface area contributed by atoms with Gasteiger partial charge in [0.25, 0.3) is 10.2 Å². The minimum absolute atomic E-state index is 0.0588. The van der Waals surface area contributed by atoms with Crippen LogP contribution in [0.3, 0.4) is 0 Å². The Morgan fingerprint density at radius 1 is 1.38 bits per heavy atom. The molecule has 9 heteroatoms. The van der Waals surface area contributed by atoms with Gasteiger partial charge in [-0.15, -0.1) is 0 Å². The van der Waals surface area contributed by atoms with Crippen LogP contribution in [0.5, 0.6) is 0 Å². The second-order valence-corrected chi connectivity index (χ2v) is 6.98. The molecule has 1 heterocycles. The molecule has 1 aromatic rings. The van der Waals surface area contributed by atoms with Crippen LogP contribution in [0.4, 0.5) is 0 Å². The van der Waals surface area contributed by atoms with Gasteiger partial charge in [-0.1, -0.05) is 29.3 Å². The van der Waals surface area contributed by atoms with Crippen LogP contribution in [0.2, 0.25) is 10.0 Å². The zero-order valence-electron chi connectivity index (χ0n) is 11.2. The fourth-order valence-electron chi connectivity index (χ4n) is 2.26. The Bertz CT molecular complexity index is 597. The number of hydrogen-bond acceptors (Lipinski definition) is 4. The van der Waals surface area contributed by atoms with E-state index in [4.69, 9.17) is 33.1 Å². The molecule has 21 heavy (non-hydrogen) atoms. The van der Waals surface area contributed by atoms with E-state index in [9.17, 15) is 8.42 Å². The van der Waals surface area contributed by atoms with Gasteiger partial charge in [0, 0.05) is 25.6 Å². The number of nitrogens with two attached hydrogens (primary N) is 1. The standard InChI is InChI=1S/C12H17Cl2N3O3S/c13-10-2-1-8(5-11(10)14)9-6-16-3-4-20-12(9)7-17-21(15,18)19/h1-2,5,9,12,16-17H,3-4,6-7H2,(H2,15,18,19)/t9?,12-/m1/s1. The summed E-state index contributed by atoms with van der Waals surface area (Å²) in [5.74, 6) is -0.0588. The first-order chi connectivity index (χ1) is 9.87. The molecule has 1 unspecified atom stereocenters. The molecule has 0 bridgehead atoms. The fourth-order valence-corrected chi connectivity index (χ4v) is 2.97. The summed E-state index contributed by atoms with van der Waals surface area (Å²) in [6.07, 6.45) is -0.337. The quantitative estimate of drug-likeness (QED) is 0.748. The highest BCUT2D eigenvalue weighted by Gasteiger charge is 2.27. The highest BCUT2D eigenvalue weighted by Crippen LogP contribution is 2.29. The van der Waals surface area contributed by atoms with Crippen LogP contribution in [0.25, 0.3) is 0 Å². The number of rotatable bonds is 4. The maximum atomic E-state index is 11.1. The topological polar surface area (TPSA) is 93.5 Å². The average molecular weight is 354 g/mol. The summed E-state index contributed by atoms with van der Waals surface area (Å²) in [4.78, 5) is 0. The normalized spacial score (nSPS) is 23.8. The highest BCUT2D eigenvalue weighted by molar-refractivity contribution is 7.87. The number of hydrogen-bond donors (Lipinski definition) is 3. The minimum atomic E-state index is -3.75. The molecule has 0 spiro atoms. The number of ether oxygens (including phenoxy) is 1. The van der Waals surface area contributed by atoms with E-state index >= 15 is 0 Å². The van der Waals surface area contributed by atoms with E-state index < -0.39 is 10.2 Å². The van der Waals surface area contributed by atoms with Gasteiger partial charge in [0.1, 0.15) is 0 Å². The SMILES string of the molecule is NS(=O)(=O)NC[C@H]1OCCNCC1c1ccc(Cl)c(Cl)c1. The molecule has 0 saturated carbocycles. The Kier molecular flexibility index (Phi) is 5.84. The summed E-state index contributed by atoms with van der Waals surface area (Å²) in [6, 6.07) is 5.35. The molecule has 1 aromatic carbocycles. The van der Waals surface area contributed by atoms with Crippen LogP contribution >= 0.6 is 23.2 Å². The first kappa shape index (κ1) is 17.0. The lowest BCUT2D eigenvalue weighted by molar-refractivity contribution is 0.0560. The largest absolute Gasteiger partial charge is 0.375 e. The second-order valence-electron chi connectivity index (χ2n) is 4.79. The summed E-state index contributed by atoms with van der Waals surface area (Å²) >= 11 is 12.0. The number of nitrogens with one attached hydrogen (secondary N) is 2. The molecule has 2 rings (SSSR count). The van der Waals surface area contributed by atoms with Crippen molar-refractivity contribution in [1.29, 1.82) is 0 Å². The van der Waals surface area contributed by atoms with Crippen LogP contribution in [-0.4, -0.2) is 40.8 Å². The minimum Gasteiger partial charge on any atom is -0.375 e. The van der Waals surface area contributed by atoms with E-state index in [2.05, 4.69) is 10.0 Å². The molecule has 0 amide bonds. The van der Waals surface area contributed by atoms with Gasteiger partial charge in [0.15, 0.2) is 0 Å². The maximum Gasteiger partial charge on any atom is 0.274 e. The Labute approximate surface area is 134 Å².